The fourth-order valence-electron chi connectivity index (χ4n) is 2.79. The molecule has 1 fully saturated rings. The van der Waals surface area contributed by atoms with Gasteiger partial charge in [0.15, 0.2) is 5.82 Å². The van der Waals surface area contributed by atoms with Crippen molar-refractivity contribution < 1.29 is 0 Å². The maximum atomic E-state index is 4.71. The normalized spacial score (nSPS) is 19.5. The summed E-state index contributed by atoms with van der Waals surface area (Å²) in [7, 11) is 0. The fraction of sp³-hybridized carbons (Fsp3) is 0.786. The topological polar surface area (TPSA) is 45.2 Å². The van der Waals surface area contributed by atoms with E-state index in [0.29, 0.717) is 6.04 Å². The van der Waals surface area contributed by atoms with Gasteiger partial charge in [-0.2, -0.15) is 10.1 Å². The van der Waals surface area contributed by atoms with Gasteiger partial charge in [-0.05, 0) is 39.5 Å². The smallest absolute Gasteiger partial charge is 0.247 e. The van der Waals surface area contributed by atoms with E-state index in [1.54, 1.807) is 6.20 Å². The average molecular weight is 263 g/mol. The van der Waals surface area contributed by atoms with Crippen molar-refractivity contribution >= 4 is 11.8 Å². The zero-order valence-corrected chi connectivity index (χ0v) is 12.3. The number of rotatable bonds is 5. The van der Waals surface area contributed by atoms with Crippen LogP contribution in [0.25, 0.3) is 0 Å². The number of nitrogens with zero attached hydrogens (tertiary/aromatic N) is 5. The monoisotopic (exact) mass is 263 g/mol. The highest BCUT2D eigenvalue weighted by Gasteiger charge is 2.23. The predicted molar refractivity (Wildman–Crippen MR) is 78.7 cm³/mol. The molecule has 19 heavy (non-hydrogen) atoms. The van der Waals surface area contributed by atoms with E-state index in [1.165, 1.54) is 25.7 Å². The van der Waals surface area contributed by atoms with Gasteiger partial charge in [0, 0.05) is 25.7 Å². The van der Waals surface area contributed by atoms with Gasteiger partial charge in [-0.15, -0.1) is 5.10 Å². The largest absolute Gasteiger partial charge is 0.352 e. The summed E-state index contributed by atoms with van der Waals surface area (Å²) >= 11 is 0. The van der Waals surface area contributed by atoms with Crippen molar-refractivity contribution in [1.29, 1.82) is 0 Å². The lowest BCUT2D eigenvalue weighted by Crippen LogP contribution is -2.40. The minimum absolute atomic E-state index is 0.606. The Morgan fingerprint density at radius 3 is 2.74 bits per heavy atom. The first-order valence-electron chi connectivity index (χ1n) is 7.51. The molecule has 0 saturated carbocycles. The van der Waals surface area contributed by atoms with Gasteiger partial charge >= 0.3 is 0 Å². The molecular weight excluding hydrogens is 238 g/mol. The highest BCUT2D eigenvalue weighted by Crippen LogP contribution is 2.25. The summed E-state index contributed by atoms with van der Waals surface area (Å²) in [6.45, 7) is 9.42. The second kappa shape index (κ2) is 6.68. The Morgan fingerprint density at radius 2 is 2.05 bits per heavy atom. The molecule has 0 aliphatic carbocycles. The number of hydrogen-bond acceptors (Lipinski definition) is 5. The second-order valence-electron chi connectivity index (χ2n) is 5.04. The Labute approximate surface area is 116 Å². The van der Waals surface area contributed by atoms with Crippen molar-refractivity contribution in [2.45, 2.75) is 52.5 Å². The molecular formula is C14H25N5. The third kappa shape index (κ3) is 3.14. The van der Waals surface area contributed by atoms with Crippen molar-refractivity contribution in [3.63, 3.8) is 0 Å². The van der Waals surface area contributed by atoms with E-state index in [0.717, 1.165) is 31.4 Å². The van der Waals surface area contributed by atoms with E-state index in [4.69, 9.17) is 4.98 Å². The standard InChI is InChI=1S/C14H25N5/c1-4-12-9-7-8-10-19(12)13-11-15-17-14(16-13)18(5-2)6-3/h11-12H,4-10H2,1-3H3. The molecule has 1 unspecified atom stereocenters. The number of hydrogen-bond donors (Lipinski definition) is 0. The number of aromatic nitrogens is 3. The van der Waals surface area contributed by atoms with Gasteiger partial charge < -0.3 is 9.80 Å². The Kier molecular flexibility index (Phi) is 4.93. The van der Waals surface area contributed by atoms with E-state index >= 15 is 0 Å². The zero-order chi connectivity index (χ0) is 13.7. The molecule has 0 amide bonds. The summed E-state index contributed by atoms with van der Waals surface area (Å²) in [6.07, 6.45) is 6.82. The molecule has 106 valence electrons. The van der Waals surface area contributed by atoms with Gasteiger partial charge in [0.2, 0.25) is 5.95 Å². The molecule has 0 spiro atoms. The van der Waals surface area contributed by atoms with E-state index in [2.05, 4.69) is 40.8 Å². The van der Waals surface area contributed by atoms with Gasteiger partial charge in [-0.25, -0.2) is 0 Å². The van der Waals surface area contributed by atoms with Crippen molar-refractivity contribution in [3.8, 4) is 0 Å². The van der Waals surface area contributed by atoms with Crippen LogP contribution in [0.15, 0.2) is 6.20 Å². The second-order valence-corrected chi connectivity index (χ2v) is 5.04. The SMILES string of the molecule is CCC1CCCCN1c1cnnc(N(CC)CC)n1. The van der Waals surface area contributed by atoms with Gasteiger partial charge in [-0.3, -0.25) is 0 Å². The molecule has 0 aromatic carbocycles. The van der Waals surface area contributed by atoms with Gasteiger partial charge in [0.25, 0.3) is 0 Å². The van der Waals surface area contributed by atoms with Crippen LogP contribution >= 0.6 is 0 Å². The predicted octanol–water partition coefficient (Wildman–Crippen LogP) is 2.49. The van der Waals surface area contributed by atoms with E-state index in [1.807, 2.05) is 0 Å². The molecule has 1 atom stereocenters. The zero-order valence-electron chi connectivity index (χ0n) is 12.3. The fourth-order valence-corrected chi connectivity index (χ4v) is 2.79. The summed E-state index contributed by atoms with van der Waals surface area (Å²) in [5, 5.41) is 8.31. The molecule has 2 heterocycles. The van der Waals surface area contributed by atoms with Crippen LogP contribution in [0.2, 0.25) is 0 Å². The summed E-state index contributed by atoms with van der Waals surface area (Å²) < 4.78 is 0. The Morgan fingerprint density at radius 1 is 1.26 bits per heavy atom. The maximum absolute atomic E-state index is 4.71. The van der Waals surface area contributed by atoms with Crippen molar-refractivity contribution in [2.24, 2.45) is 0 Å². The molecule has 5 nitrogen and oxygen atoms in total. The lowest BCUT2D eigenvalue weighted by molar-refractivity contribution is 0.446. The van der Waals surface area contributed by atoms with Crippen molar-refractivity contribution in [1.82, 2.24) is 15.2 Å². The van der Waals surface area contributed by atoms with Gasteiger partial charge in [0.1, 0.15) is 0 Å². The highest BCUT2D eigenvalue weighted by atomic mass is 15.4. The summed E-state index contributed by atoms with van der Waals surface area (Å²) in [4.78, 5) is 9.26. The number of piperidine rings is 1. The molecule has 0 radical (unpaired) electrons. The molecule has 0 N–H and O–H groups in total. The third-order valence-electron chi connectivity index (χ3n) is 3.97. The molecule has 1 saturated heterocycles. The molecule has 1 aromatic rings. The Balaban J connectivity index is 2.21. The van der Waals surface area contributed by atoms with Crippen LogP contribution in [0.1, 0.15) is 46.5 Å². The molecule has 1 aliphatic heterocycles. The summed E-state index contributed by atoms with van der Waals surface area (Å²) in [6, 6.07) is 0.606. The molecule has 2 rings (SSSR count). The van der Waals surface area contributed by atoms with Crippen molar-refractivity contribution in [3.05, 3.63) is 6.20 Å². The third-order valence-corrected chi connectivity index (χ3v) is 3.97. The average Bonchev–Trinajstić information content (AvgIpc) is 2.49. The van der Waals surface area contributed by atoms with E-state index < -0.39 is 0 Å². The summed E-state index contributed by atoms with van der Waals surface area (Å²) in [5.41, 5.74) is 0. The Bertz CT molecular complexity index is 391. The quantitative estimate of drug-likeness (QED) is 0.816. The van der Waals surface area contributed by atoms with Crippen LogP contribution in [-0.4, -0.2) is 40.9 Å². The van der Waals surface area contributed by atoms with Crippen LogP contribution in [0.4, 0.5) is 11.8 Å². The first-order chi connectivity index (χ1) is 9.30. The minimum atomic E-state index is 0.606. The molecule has 1 aromatic heterocycles. The highest BCUT2D eigenvalue weighted by molar-refractivity contribution is 5.42. The molecule has 5 heteroatoms. The van der Waals surface area contributed by atoms with Crippen molar-refractivity contribution in [2.75, 3.05) is 29.4 Å². The van der Waals surface area contributed by atoms with Crippen LogP contribution in [-0.2, 0) is 0 Å². The number of anilines is 2. The van der Waals surface area contributed by atoms with E-state index in [-0.39, 0.29) is 0 Å². The van der Waals surface area contributed by atoms with Gasteiger partial charge in [-0.1, -0.05) is 6.92 Å². The van der Waals surface area contributed by atoms with Crippen LogP contribution in [0.3, 0.4) is 0 Å². The first-order valence-corrected chi connectivity index (χ1v) is 7.51. The van der Waals surface area contributed by atoms with Crippen LogP contribution in [0.5, 0.6) is 0 Å². The first kappa shape index (κ1) is 14.0. The molecule has 0 bridgehead atoms. The molecule has 1 aliphatic rings. The van der Waals surface area contributed by atoms with Crippen LogP contribution in [0, 0.1) is 0 Å². The Hall–Kier alpha value is -1.39. The maximum Gasteiger partial charge on any atom is 0.247 e. The lowest BCUT2D eigenvalue weighted by atomic mass is 10.0. The summed E-state index contributed by atoms with van der Waals surface area (Å²) in [5.74, 6) is 1.74. The van der Waals surface area contributed by atoms with E-state index in [9.17, 15) is 0 Å². The minimum Gasteiger partial charge on any atom is -0.352 e. The lowest BCUT2D eigenvalue weighted by Gasteiger charge is -2.36. The van der Waals surface area contributed by atoms with Gasteiger partial charge in [0.05, 0.1) is 6.20 Å². The van der Waals surface area contributed by atoms with Crippen LogP contribution < -0.4 is 9.80 Å².